The SMILES string of the molecule is CC[C@H]1Oc2cc(S(=O)(=O)N3CCC[C@@H](C(=O)Nc4ccccc4)C3)c(C)cc2NC1=O. The van der Waals surface area contributed by atoms with E-state index in [9.17, 15) is 18.0 Å². The molecular weight excluding hydrogens is 430 g/mol. The van der Waals surface area contributed by atoms with Crippen molar-refractivity contribution >= 4 is 33.2 Å². The molecule has 0 saturated carbocycles. The highest BCUT2D eigenvalue weighted by atomic mass is 32.2. The third kappa shape index (κ3) is 4.35. The largest absolute Gasteiger partial charge is 0.478 e. The maximum Gasteiger partial charge on any atom is 0.265 e. The first-order valence-corrected chi connectivity index (χ1v) is 12.2. The molecule has 2 aliphatic rings. The first kappa shape index (κ1) is 22.3. The number of benzene rings is 2. The number of nitrogens with one attached hydrogen (secondary N) is 2. The second-order valence-corrected chi connectivity index (χ2v) is 10.1. The number of nitrogens with zero attached hydrogens (tertiary/aromatic N) is 1. The minimum Gasteiger partial charge on any atom is -0.478 e. The zero-order valence-electron chi connectivity index (χ0n) is 18.1. The molecule has 2 N–H and O–H groups in total. The fourth-order valence-corrected chi connectivity index (χ4v) is 5.86. The van der Waals surface area contributed by atoms with Gasteiger partial charge in [-0.3, -0.25) is 9.59 Å². The summed E-state index contributed by atoms with van der Waals surface area (Å²) in [5.41, 5.74) is 1.67. The Labute approximate surface area is 188 Å². The Balaban J connectivity index is 1.55. The van der Waals surface area contributed by atoms with E-state index in [0.29, 0.717) is 48.5 Å². The molecule has 0 aliphatic carbocycles. The highest BCUT2D eigenvalue weighted by molar-refractivity contribution is 7.89. The van der Waals surface area contributed by atoms with E-state index in [-0.39, 0.29) is 23.3 Å². The number of rotatable bonds is 5. The average Bonchev–Trinajstić information content (AvgIpc) is 2.79. The molecule has 4 rings (SSSR count). The Bertz CT molecular complexity index is 1130. The predicted molar refractivity (Wildman–Crippen MR) is 121 cm³/mol. The summed E-state index contributed by atoms with van der Waals surface area (Å²) in [5.74, 6) is -0.513. The Kier molecular flexibility index (Phi) is 6.21. The van der Waals surface area contributed by atoms with Crippen LogP contribution in [0.2, 0.25) is 0 Å². The van der Waals surface area contributed by atoms with E-state index in [1.165, 1.54) is 10.4 Å². The van der Waals surface area contributed by atoms with Crippen LogP contribution in [0.25, 0.3) is 0 Å². The summed E-state index contributed by atoms with van der Waals surface area (Å²) in [6, 6.07) is 12.2. The molecule has 0 bridgehead atoms. The van der Waals surface area contributed by atoms with Crippen molar-refractivity contribution in [2.45, 2.75) is 44.1 Å². The van der Waals surface area contributed by atoms with Crippen LogP contribution in [0.4, 0.5) is 11.4 Å². The number of fused-ring (bicyclic) bond motifs is 1. The maximum atomic E-state index is 13.5. The van der Waals surface area contributed by atoms with Gasteiger partial charge in [0.15, 0.2) is 6.10 Å². The Morgan fingerprint density at radius 2 is 2.00 bits per heavy atom. The normalized spacial score (nSPS) is 21.2. The number of hydrogen-bond donors (Lipinski definition) is 2. The van der Waals surface area contributed by atoms with Crippen LogP contribution in [0, 0.1) is 12.8 Å². The number of carbonyl (C=O) groups excluding carboxylic acids is 2. The van der Waals surface area contributed by atoms with E-state index in [2.05, 4.69) is 10.6 Å². The second-order valence-electron chi connectivity index (χ2n) is 8.18. The van der Waals surface area contributed by atoms with Crippen molar-refractivity contribution in [2.24, 2.45) is 5.92 Å². The third-order valence-corrected chi connectivity index (χ3v) is 7.89. The molecule has 2 aromatic rings. The van der Waals surface area contributed by atoms with Gasteiger partial charge in [0.25, 0.3) is 5.91 Å². The fourth-order valence-electron chi connectivity index (χ4n) is 4.11. The summed E-state index contributed by atoms with van der Waals surface area (Å²) < 4.78 is 34.1. The molecule has 9 heteroatoms. The Morgan fingerprint density at radius 3 is 2.72 bits per heavy atom. The summed E-state index contributed by atoms with van der Waals surface area (Å²) in [6.45, 7) is 3.99. The average molecular weight is 458 g/mol. The quantitative estimate of drug-likeness (QED) is 0.718. The van der Waals surface area contributed by atoms with E-state index in [0.717, 1.165) is 0 Å². The lowest BCUT2D eigenvalue weighted by atomic mass is 9.99. The van der Waals surface area contributed by atoms with Gasteiger partial charge in [-0.15, -0.1) is 0 Å². The molecule has 0 unspecified atom stereocenters. The highest BCUT2D eigenvalue weighted by Gasteiger charge is 2.36. The predicted octanol–water partition coefficient (Wildman–Crippen LogP) is 3.14. The lowest BCUT2D eigenvalue weighted by Crippen LogP contribution is -2.44. The smallest absolute Gasteiger partial charge is 0.265 e. The summed E-state index contributed by atoms with van der Waals surface area (Å²) in [4.78, 5) is 24.9. The topological polar surface area (TPSA) is 105 Å². The van der Waals surface area contributed by atoms with Crippen molar-refractivity contribution in [3.8, 4) is 5.75 Å². The van der Waals surface area contributed by atoms with Crippen LogP contribution >= 0.6 is 0 Å². The first-order chi connectivity index (χ1) is 15.3. The van der Waals surface area contributed by atoms with Gasteiger partial charge < -0.3 is 15.4 Å². The summed E-state index contributed by atoms with van der Waals surface area (Å²) >= 11 is 0. The van der Waals surface area contributed by atoms with Gasteiger partial charge >= 0.3 is 0 Å². The number of hydrogen-bond acceptors (Lipinski definition) is 5. The molecule has 8 nitrogen and oxygen atoms in total. The van der Waals surface area contributed by atoms with Crippen molar-refractivity contribution in [1.29, 1.82) is 0 Å². The number of para-hydroxylation sites is 1. The third-order valence-electron chi connectivity index (χ3n) is 5.88. The Morgan fingerprint density at radius 1 is 1.25 bits per heavy atom. The van der Waals surface area contributed by atoms with Crippen molar-refractivity contribution in [2.75, 3.05) is 23.7 Å². The van der Waals surface area contributed by atoms with E-state index >= 15 is 0 Å². The molecule has 2 atom stereocenters. The molecule has 2 heterocycles. The number of aryl methyl sites for hydroxylation is 1. The number of carbonyl (C=O) groups is 2. The van der Waals surface area contributed by atoms with Crippen LogP contribution in [0.1, 0.15) is 31.7 Å². The number of amides is 2. The van der Waals surface area contributed by atoms with Gasteiger partial charge in [-0.05, 0) is 49.9 Å². The van der Waals surface area contributed by atoms with E-state index < -0.39 is 22.0 Å². The summed E-state index contributed by atoms with van der Waals surface area (Å²) in [6.07, 6.45) is 1.05. The molecule has 32 heavy (non-hydrogen) atoms. The van der Waals surface area contributed by atoms with Gasteiger partial charge in [0.2, 0.25) is 15.9 Å². The van der Waals surface area contributed by atoms with E-state index in [1.54, 1.807) is 25.1 Å². The van der Waals surface area contributed by atoms with Crippen LogP contribution in [0.5, 0.6) is 5.75 Å². The molecule has 2 amide bonds. The highest BCUT2D eigenvalue weighted by Crippen LogP contribution is 2.36. The molecule has 1 saturated heterocycles. The van der Waals surface area contributed by atoms with Crippen molar-refractivity contribution in [1.82, 2.24) is 4.31 Å². The van der Waals surface area contributed by atoms with Crippen LogP contribution in [0.3, 0.4) is 0 Å². The van der Waals surface area contributed by atoms with Crippen molar-refractivity contribution < 1.29 is 22.7 Å². The molecule has 0 radical (unpaired) electrons. The molecule has 0 aromatic heterocycles. The van der Waals surface area contributed by atoms with Gasteiger partial charge in [-0.2, -0.15) is 4.31 Å². The zero-order chi connectivity index (χ0) is 22.9. The number of ether oxygens (including phenoxy) is 1. The fraction of sp³-hybridized carbons (Fsp3) is 0.391. The minimum absolute atomic E-state index is 0.118. The second kappa shape index (κ2) is 8.91. The number of piperidine rings is 1. The standard InChI is InChI=1S/C23H27N3O5S/c1-3-19-23(28)25-18-12-15(2)21(13-20(18)31-19)32(29,30)26-11-7-8-16(14-26)22(27)24-17-9-5-4-6-10-17/h4-6,9-10,12-13,16,19H,3,7-8,11,14H2,1-2H3,(H,24,27)(H,25,28)/t16-,19-/m1/s1. The van der Waals surface area contributed by atoms with Gasteiger partial charge in [-0.25, -0.2) is 8.42 Å². The van der Waals surface area contributed by atoms with E-state index in [1.807, 2.05) is 25.1 Å². The van der Waals surface area contributed by atoms with Crippen LogP contribution in [-0.4, -0.2) is 43.7 Å². The molecule has 1 fully saturated rings. The summed E-state index contributed by atoms with van der Waals surface area (Å²) in [5, 5.41) is 5.65. The van der Waals surface area contributed by atoms with Crippen LogP contribution < -0.4 is 15.4 Å². The zero-order valence-corrected chi connectivity index (χ0v) is 18.9. The molecule has 2 aromatic carbocycles. The van der Waals surface area contributed by atoms with Gasteiger partial charge in [-0.1, -0.05) is 25.1 Å². The number of sulfonamides is 1. The molecule has 0 spiro atoms. The first-order valence-electron chi connectivity index (χ1n) is 10.8. The molecular formula is C23H27N3O5S. The van der Waals surface area contributed by atoms with Crippen LogP contribution in [0.15, 0.2) is 47.4 Å². The van der Waals surface area contributed by atoms with Gasteiger partial charge in [0.05, 0.1) is 16.5 Å². The van der Waals surface area contributed by atoms with Gasteiger partial charge in [0.1, 0.15) is 5.75 Å². The Hall–Kier alpha value is -2.91. The minimum atomic E-state index is -3.84. The number of anilines is 2. The van der Waals surface area contributed by atoms with E-state index in [4.69, 9.17) is 4.74 Å². The maximum absolute atomic E-state index is 13.5. The van der Waals surface area contributed by atoms with Crippen LogP contribution in [-0.2, 0) is 19.6 Å². The lowest BCUT2D eigenvalue weighted by Gasteiger charge is -2.32. The monoisotopic (exact) mass is 457 g/mol. The van der Waals surface area contributed by atoms with Gasteiger partial charge in [0, 0.05) is 24.8 Å². The van der Waals surface area contributed by atoms with Crippen molar-refractivity contribution in [3.05, 3.63) is 48.0 Å². The summed E-state index contributed by atoms with van der Waals surface area (Å²) in [7, 11) is -3.84. The molecule has 170 valence electrons. The van der Waals surface area contributed by atoms with Crippen molar-refractivity contribution in [3.63, 3.8) is 0 Å². The molecule has 2 aliphatic heterocycles. The lowest BCUT2D eigenvalue weighted by molar-refractivity contribution is -0.123.